The molecule has 0 bridgehead atoms. The molecular formula is C12H19N5. The van der Waals surface area contributed by atoms with E-state index >= 15 is 0 Å². The monoisotopic (exact) mass is 233 g/mol. The largest absolute Gasteiger partial charge is 0.367 e. The van der Waals surface area contributed by atoms with E-state index in [0.717, 1.165) is 23.4 Å². The highest BCUT2D eigenvalue weighted by atomic mass is 15.1. The summed E-state index contributed by atoms with van der Waals surface area (Å²) >= 11 is 0. The summed E-state index contributed by atoms with van der Waals surface area (Å²) < 4.78 is 2.00. The summed E-state index contributed by atoms with van der Waals surface area (Å²) in [7, 11) is 6.13. The Hall–Kier alpha value is -1.62. The first kappa shape index (κ1) is 11.9. The number of aryl methyl sites for hydroxylation is 1. The minimum absolute atomic E-state index is 0.454. The van der Waals surface area contributed by atoms with Gasteiger partial charge in [-0.2, -0.15) is 0 Å². The molecule has 0 spiro atoms. The Bertz CT molecular complexity index is 503. The molecule has 1 unspecified atom stereocenters. The SMILES string of the molecule is CC(CNc1nccc2c1ncn2C)N(C)C. The van der Waals surface area contributed by atoms with Crippen LogP contribution in [0.5, 0.6) is 0 Å². The molecule has 0 amide bonds. The number of nitrogens with zero attached hydrogens (tertiary/aromatic N) is 4. The predicted octanol–water partition coefficient (Wildman–Crippen LogP) is 1.33. The third-order valence-corrected chi connectivity index (χ3v) is 3.09. The van der Waals surface area contributed by atoms with E-state index < -0.39 is 0 Å². The topological polar surface area (TPSA) is 46.0 Å². The molecule has 17 heavy (non-hydrogen) atoms. The fraction of sp³-hybridized carbons (Fsp3) is 0.500. The maximum atomic E-state index is 4.37. The summed E-state index contributed by atoms with van der Waals surface area (Å²) in [5.41, 5.74) is 2.03. The predicted molar refractivity (Wildman–Crippen MR) is 70.1 cm³/mol. The number of aromatic nitrogens is 3. The Morgan fingerprint density at radius 3 is 2.88 bits per heavy atom. The van der Waals surface area contributed by atoms with Crippen LogP contribution in [0, 0.1) is 0 Å². The minimum atomic E-state index is 0.454. The van der Waals surface area contributed by atoms with Gasteiger partial charge >= 0.3 is 0 Å². The van der Waals surface area contributed by atoms with Gasteiger partial charge in [0.05, 0.1) is 11.8 Å². The zero-order valence-corrected chi connectivity index (χ0v) is 10.8. The molecule has 92 valence electrons. The quantitative estimate of drug-likeness (QED) is 0.865. The minimum Gasteiger partial charge on any atom is -0.367 e. The van der Waals surface area contributed by atoms with Crippen molar-refractivity contribution in [2.45, 2.75) is 13.0 Å². The summed E-state index contributed by atoms with van der Waals surface area (Å²) in [6, 6.07) is 2.43. The van der Waals surface area contributed by atoms with Crippen LogP contribution in [-0.4, -0.2) is 46.1 Å². The van der Waals surface area contributed by atoms with E-state index in [1.165, 1.54) is 0 Å². The van der Waals surface area contributed by atoms with Crippen LogP contribution in [0.4, 0.5) is 5.82 Å². The number of pyridine rings is 1. The van der Waals surface area contributed by atoms with Gasteiger partial charge in [0.15, 0.2) is 5.82 Å². The van der Waals surface area contributed by atoms with Crippen molar-refractivity contribution in [3.63, 3.8) is 0 Å². The van der Waals surface area contributed by atoms with Gasteiger partial charge in [0.2, 0.25) is 0 Å². The molecule has 0 aliphatic carbocycles. The number of likely N-dealkylation sites (N-methyl/N-ethyl adjacent to an activating group) is 1. The van der Waals surface area contributed by atoms with Crippen LogP contribution in [-0.2, 0) is 7.05 Å². The van der Waals surface area contributed by atoms with Crippen LogP contribution in [0.25, 0.3) is 11.0 Å². The molecule has 1 atom stereocenters. The molecule has 5 nitrogen and oxygen atoms in total. The lowest BCUT2D eigenvalue weighted by Gasteiger charge is -2.20. The smallest absolute Gasteiger partial charge is 0.154 e. The van der Waals surface area contributed by atoms with Gasteiger partial charge in [0.1, 0.15) is 5.52 Å². The third kappa shape index (κ3) is 2.39. The van der Waals surface area contributed by atoms with Crippen molar-refractivity contribution < 1.29 is 0 Å². The molecule has 2 aromatic heterocycles. The van der Waals surface area contributed by atoms with Crippen molar-refractivity contribution in [3.8, 4) is 0 Å². The second kappa shape index (κ2) is 4.71. The highest BCUT2D eigenvalue weighted by Crippen LogP contribution is 2.18. The lowest BCUT2D eigenvalue weighted by Crippen LogP contribution is -2.31. The van der Waals surface area contributed by atoms with Gasteiger partial charge in [0.25, 0.3) is 0 Å². The van der Waals surface area contributed by atoms with E-state index in [2.05, 4.69) is 41.2 Å². The second-order valence-corrected chi connectivity index (χ2v) is 4.58. The van der Waals surface area contributed by atoms with Gasteiger partial charge in [-0.25, -0.2) is 9.97 Å². The molecule has 2 rings (SSSR count). The first-order valence-electron chi connectivity index (χ1n) is 5.76. The van der Waals surface area contributed by atoms with Crippen LogP contribution < -0.4 is 5.32 Å². The Morgan fingerprint density at radius 1 is 1.41 bits per heavy atom. The lowest BCUT2D eigenvalue weighted by molar-refractivity contribution is 0.326. The average Bonchev–Trinajstić information content (AvgIpc) is 2.69. The average molecular weight is 233 g/mol. The third-order valence-electron chi connectivity index (χ3n) is 3.09. The van der Waals surface area contributed by atoms with Crippen molar-refractivity contribution in [1.82, 2.24) is 19.4 Å². The number of hydrogen-bond donors (Lipinski definition) is 1. The van der Waals surface area contributed by atoms with Gasteiger partial charge < -0.3 is 14.8 Å². The molecule has 0 aromatic carbocycles. The van der Waals surface area contributed by atoms with E-state index in [1.807, 2.05) is 30.2 Å². The Kier molecular flexibility index (Phi) is 3.28. The molecule has 0 aliphatic heterocycles. The van der Waals surface area contributed by atoms with Crippen molar-refractivity contribution in [2.75, 3.05) is 26.0 Å². The number of rotatable bonds is 4. The van der Waals surface area contributed by atoms with Gasteiger partial charge in [-0.1, -0.05) is 0 Å². The highest BCUT2D eigenvalue weighted by molar-refractivity contribution is 5.85. The standard InChI is InChI=1S/C12H19N5/c1-9(16(2)3)7-14-12-11-10(5-6-13-12)17(4)8-15-11/h5-6,8-9H,7H2,1-4H3,(H,13,14). The maximum Gasteiger partial charge on any atom is 0.154 e. The summed E-state index contributed by atoms with van der Waals surface area (Å²) in [4.78, 5) is 10.9. The van der Waals surface area contributed by atoms with E-state index in [0.29, 0.717) is 6.04 Å². The van der Waals surface area contributed by atoms with Crippen molar-refractivity contribution in [2.24, 2.45) is 7.05 Å². The van der Waals surface area contributed by atoms with Crippen LogP contribution in [0.1, 0.15) is 6.92 Å². The van der Waals surface area contributed by atoms with Crippen molar-refractivity contribution in [3.05, 3.63) is 18.6 Å². The number of anilines is 1. The maximum absolute atomic E-state index is 4.37. The van der Waals surface area contributed by atoms with Gasteiger partial charge in [-0.05, 0) is 27.1 Å². The molecule has 2 aromatic rings. The molecule has 1 N–H and O–H groups in total. The summed E-state index contributed by atoms with van der Waals surface area (Å²) in [6.07, 6.45) is 3.62. The summed E-state index contributed by atoms with van der Waals surface area (Å²) in [5.74, 6) is 0.858. The highest BCUT2D eigenvalue weighted by Gasteiger charge is 2.09. The summed E-state index contributed by atoms with van der Waals surface area (Å²) in [6.45, 7) is 3.03. The normalized spacial score (nSPS) is 13.2. The Morgan fingerprint density at radius 2 is 2.18 bits per heavy atom. The van der Waals surface area contributed by atoms with Crippen LogP contribution >= 0.6 is 0 Å². The first-order chi connectivity index (χ1) is 8.09. The molecule has 0 saturated heterocycles. The number of hydrogen-bond acceptors (Lipinski definition) is 4. The zero-order chi connectivity index (χ0) is 12.4. The molecule has 2 heterocycles. The molecular weight excluding hydrogens is 214 g/mol. The second-order valence-electron chi connectivity index (χ2n) is 4.58. The number of nitrogens with one attached hydrogen (secondary N) is 1. The molecule has 0 saturated carbocycles. The van der Waals surface area contributed by atoms with Gasteiger partial charge in [-0.15, -0.1) is 0 Å². The van der Waals surface area contributed by atoms with Crippen molar-refractivity contribution >= 4 is 16.9 Å². The zero-order valence-electron chi connectivity index (χ0n) is 10.8. The van der Waals surface area contributed by atoms with Gasteiger partial charge in [-0.3, -0.25) is 0 Å². The van der Waals surface area contributed by atoms with Crippen LogP contribution in [0.3, 0.4) is 0 Å². The van der Waals surface area contributed by atoms with Gasteiger partial charge in [0, 0.05) is 25.8 Å². The van der Waals surface area contributed by atoms with E-state index in [4.69, 9.17) is 0 Å². The first-order valence-corrected chi connectivity index (χ1v) is 5.76. The molecule has 0 aliphatic rings. The Labute approximate surface area is 101 Å². The fourth-order valence-corrected chi connectivity index (χ4v) is 1.62. The number of imidazole rings is 1. The number of fused-ring (bicyclic) bond motifs is 1. The molecule has 5 heteroatoms. The lowest BCUT2D eigenvalue weighted by atomic mass is 10.3. The molecule has 0 fully saturated rings. The van der Waals surface area contributed by atoms with E-state index in [-0.39, 0.29) is 0 Å². The Balaban J connectivity index is 2.19. The van der Waals surface area contributed by atoms with Crippen LogP contribution in [0.2, 0.25) is 0 Å². The van der Waals surface area contributed by atoms with E-state index in [9.17, 15) is 0 Å². The fourth-order valence-electron chi connectivity index (χ4n) is 1.62. The van der Waals surface area contributed by atoms with E-state index in [1.54, 1.807) is 0 Å². The van der Waals surface area contributed by atoms with Crippen molar-refractivity contribution in [1.29, 1.82) is 0 Å². The van der Waals surface area contributed by atoms with Crippen LogP contribution in [0.15, 0.2) is 18.6 Å². The molecule has 0 radical (unpaired) electrons. The summed E-state index contributed by atoms with van der Waals surface area (Å²) in [5, 5.41) is 3.35.